The van der Waals surface area contributed by atoms with Crippen molar-refractivity contribution in [1.29, 1.82) is 0 Å². The van der Waals surface area contributed by atoms with Crippen LogP contribution in [0.3, 0.4) is 0 Å². The lowest BCUT2D eigenvalue weighted by Gasteiger charge is -2.36. The van der Waals surface area contributed by atoms with E-state index in [2.05, 4.69) is 44.1 Å². The number of nitrogens with one attached hydrogen (secondary N) is 1. The van der Waals surface area contributed by atoms with Gasteiger partial charge < -0.3 is 10.2 Å². The number of aliphatic imine (C=N–C) groups is 1. The average molecular weight is 372 g/mol. The lowest BCUT2D eigenvalue weighted by molar-refractivity contribution is 0.172. The second-order valence-corrected chi connectivity index (χ2v) is 7.00. The van der Waals surface area contributed by atoms with Gasteiger partial charge in [-0.1, -0.05) is 29.8 Å². The minimum absolute atomic E-state index is 0.697. The standard InChI is InChI=1S/C20H26ClN5/c1-16-5-4-8-23-19(16)14-24-20(22-2)26-11-9-25(10-12-26)15-17-6-3-7-18(21)13-17/h3-8,13H,9-12,14-15H2,1-2H3,(H,22,24). The van der Waals surface area contributed by atoms with E-state index in [-0.39, 0.29) is 0 Å². The number of aryl methyl sites for hydroxylation is 1. The quantitative estimate of drug-likeness (QED) is 0.663. The van der Waals surface area contributed by atoms with E-state index in [0.717, 1.165) is 49.4 Å². The van der Waals surface area contributed by atoms with Crippen LogP contribution in [0.1, 0.15) is 16.8 Å². The molecule has 0 saturated carbocycles. The van der Waals surface area contributed by atoms with E-state index in [0.29, 0.717) is 6.54 Å². The van der Waals surface area contributed by atoms with Crippen molar-refractivity contribution in [1.82, 2.24) is 20.1 Å². The Labute approximate surface area is 160 Å². The zero-order valence-corrected chi connectivity index (χ0v) is 16.2. The first-order valence-electron chi connectivity index (χ1n) is 8.98. The van der Waals surface area contributed by atoms with Crippen molar-refractivity contribution in [3.05, 3.63) is 64.4 Å². The molecule has 26 heavy (non-hydrogen) atoms. The molecule has 0 amide bonds. The van der Waals surface area contributed by atoms with Gasteiger partial charge >= 0.3 is 0 Å². The lowest BCUT2D eigenvalue weighted by Crippen LogP contribution is -2.52. The number of hydrogen-bond acceptors (Lipinski definition) is 3. The van der Waals surface area contributed by atoms with Crippen LogP contribution in [0.25, 0.3) is 0 Å². The second kappa shape index (κ2) is 9.01. The Bertz CT molecular complexity index is 753. The smallest absolute Gasteiger partial charge is 0.194 e. The topological polar surface area (TPSA) is 43.8 Å². The van der Waals surface area contributed by atoms with Crippen LogP contribution in [0.4, 0.5) is 0 Å². The predicted octanol–water partition coefficient (Wildman–Crippen LogP) is 2.94. The summed E-state index contributed by atoms with van der Waals surface area (Å²) in [5.41, 5.74) is 3.52. The van der Waals surface area contributed by atoms with Crippen LogP contribution in [0.15, 0.2) is 47.6 Å². The largest absolute Gasteiger partial charge is 0.351 e. The minimum atomic E-state index is 0.697. The summed E-state index contributed by atoms with van der Waals surface area (Å²) in [4.78, 5) is 13.7. The number of nitrogens with zero attached hydrogens (tertiary/aromatic N) is 4. The summed E-state index contributed by atoms with van der Waals surface area (Å²) in [5, 5.41) is 4.25. The molecule has 1 aliphatic heterocycles. The highest BCUT2D eigenvalue weighted by Gasteiger charge is 2.19. The summed E-state index contributed by atoms with van der Waals surface area (Å²) in [5.74, 6) is 0.942. The van der Waals surface area contributed by atoms with E-state index in [4.69, 9.17) is 11.6 Å². The summed E-state index contributed by atoms with van der Waals surface area (Å²) < 4.78 is 0. The van der Waals surface area contributed by atoms with Crippen LogP contribution in [-0.2, 0) is 13.1 Å². The number of pyridine rings is 1. The average Bonchev–Trinajstić information content (AvgIpc) is 2.65. The normalized spacial score (nSPS) is 16.0. The van der Waals surface area contributed by atoms with E-state index < -0.39 is 0 Å². The molecule has 5 nitrogen and oxygen atoms in total. The number of hydrogen-bond donors (Lipinski definition) is 1. The van der Waals surface area contributed by atoms with Crippen LogP contribution >= 0.6 is 11.6 Å². The molecular weight excluding hydrogens is 346 g/mol. The monoisotopic (exact) mass is 371 g/mol. The van der Waals surface area contributed by atoms with E-state index in [9.17, 15) is 0 Å². The van der Waals surface area contributed by atoms with Gasteiger partial charge in [-0.3, -0.25) is 14.9 Å². The summed E-state index contributed by atoms with van der Waals surface area (Å²) in [7, 11) is 1.84. The molecule has 3 rings (SSSR count). The molecule has 0 radical (unpaired) electrons. The lowest BCUT2D eigenvalue weighted by atomic mass is 10.2. The van der Waals surface area contributed by atoms with E-state index >= 15 is 0 Å². The van der Waals surface area contributed by atoms with Crippen molar-refractivity contribution in [2.24, 2.45) is 4.99 Å². The first-order valence-corrected chi connectivity index (χ1v) is 9.36. The third-order valence-electron chi connectivity index (χ3n) is 4.71. The molecule has 2 aromatic rings. The molecule has 0 aliphatic carbocycles. The maximum atomic E-state index is 6.09. The predicted molar refractivity (Wildman–Crippen MR) is 107 cm³/mol. The number of aromatic nitrogens is 1. The second-order valence-electron chi connectivity index (χ2n) is 6.56. The Morgan fingerprint density at radius 3 is 2.69 bits per heavy atom. The molecule has 2 heterocycles. The van der Waals surface area contributed by atoms with Gasteiger partial charge in [-0.2, -0.15) is 0 Å². The van der Waals surface area contributed by atoms with Gasteiger partial charge in [0.1, 0.15) is 0 Å². The molecule has 0 unspecified atom stereocenters. The molecule has 0 spiro atoms. The molecule has 1 saturated heterocycles. The zero-order valence-electron chi connectivity index (χ0n) is 15.5. The fraction of sp³-hybridized carbons (Fsp3) is 0.400. The van der Waals surface area contributed by atoms with Crippen molar-refractivity contribution in [2.45, 2.75) is 20.0 Å². The van der Waals surface area contributed by atoms with Crippen LogP contribution in [0.5, 0.6) is 0 Å². The Morgan fingerprint density at radius 2 is 2.00 bits per heavy atom. The van der Waals surface area contributed by atoms with Crippen molar-refractivity contribution in [2.75, 3.05) is 33.2 Å². The summed E-state index contributed by atoms with van der Waals surface area (Å²) in [6, 6.07) is 12.2. The third kappa shape index (κ3) is 4.96. The van der Waals surface area contributed by atoms with Gasteiger partial charge in [0.15, 0.2) is 5.96 Å². The van der Waals surface area contributed by atoms with Gasteiger partial charge in [-0.05, 0) is 36.2 Å². The van der Waals surface area contributed by atoms with Gasteiger partial charge in [0.25, 0.3) is 0 Å². The Hall–Kier alpha value is -2.11. The summed E-state index contributed by atoms with van der Waals surface area (Å²) in [6.07, 6.45) is 1.83. The molecule has 1 N–H and O–H groups in total. The van der Waals surface area contributed by atoms with Crippen LogP contribution < -0.4 is 5.32 Å². The number of halogens is 1. The van der Waals surface area contributed by atoms with Gasteiger partial charge in [0.2, 0.25) is 0 Å². The zero-order chi connectivity index (χ0) is 18.4. The first kappa shape index (κ1) is 18.7. The third-order valence-corrected chi connectivity index (χ3v) is 4.95. The van der Waals surface area contributed by atoms with E-state index in [1.807, 2.05) is 37.5 Å². The molecule has 0 atom stereocenters. The molecule has 6 heteroatoms. The molecule has 1 fully saturated rings. The van der Waals surface area contributed by atoms with Gasteiger partial charge in [0.05, 0.1) is 12.2 Å². The van der Waals surface area contributed by atoms with Crippen LogP contribution in [0, 0.1) is 6.92 Å². The molecular formula is C20H26ClN5. The van der Waals surface area contributed by atoms with Crippen molar-refractivity contribution >= 4 is 17.6 Å². The highest BCUT2D eigenvalue weighted by molar-refractivity contribution is 6.30. The molecule has 138 valence electrons. The Morgan fingerprint density at radius 1 is 1.19 bits per heavy atom. The Balaban J connectivity index is 1.50. The number of guanidine groups is 1. The van der Waals surface area contributed by atoms with Crippen molar-refractivity contribution in [3.8, 4) is 0 Å². The summed E-state index contributed by atoms with van der Waals surface area (Å²) in [6.45, 7) is 7.66. The highest BCUT2D eigenvalue weighted by Crippen LogP contribution is 2.14. The maximum absolute atomic E-state index is 6.09. The van der Waals surface area contributed by atoms with Crippen LogP contribution in [-0.4, -0.2) is 54.0 Å². The number of rotatable bonds is 4. The number of piperazine rings is 1. The fourth-order valence-corrected chi connectivity index (χ4v) is 3.42. The highest BCUT2D eigenvalue weighted by atomic mass is 35.5. The first-order chi connectivity index (χ1) is 12.7. The summed E-state index contributed by atoms with van der Waals surface area (Å²) >= 11 is 6.09. The molecule has 1 aromatic carbocycles. The van der Waals surface area contributed by atoms with Gasteiger partial charge in [-0.15, -0.1) is 0 Å². The minimum Gasteiger partial charge on any atom is -0.351 e. The van der Waals surface area contributed by atoms with Crippen LogP contribution in [0.2, 0.25) is 5.02 Å². The Kier molecular flexibility index (Phi) is 6.47. The van der Waals surface area contributed by atoms with E-state index in [1.54, 1.807) is 0 Å². The van der Waals surface area contributed by atoms with Crippen molar-refractivity contribution < 1.29 is 0 Å². The van der Waals surface area contributed by atoms with E-state index in [1.165, 1.54) is 11.1 Å². The molecule has 0 bridgehead atoms. The number of benzene rings is 1. The molecule has 1 aromatic heterocycles. The SMILES string of the molecule is CN=C(NCc1ncccc1C)N1CCN(Cc2cccc(Cl)c2)CC1. The molecule has 1 aliphatic rings. The van der Waals surface area contributed by atoms with Crippen molar-refractivity contribution in [3.63, 3.8) is 0 Å². The van der Waals surface area contributed by atoms with Gasteiger partial charge in [0, 0.05) is 51.0 Å². The fourth-order valence-electron chi connectivity index (χ4n) is 3.21. The van der Waals surface area contributed by atoms with Gasteiger partial charge in [-0.25, -0.2) is 0 Å². The maximum Gasteiger partial charge on any atom is 0.194 e.